The zero-order valence-corrected chi connectivity index (χ0v) is 16.2. The molecule has 7 heteroatoms. The summed E-state index contributed by atoms with van der Waals surface area (Å²) >= 11 is 0. The number of methoxy groups -OCH3 is 2. The fourth-order valence-electron chi connectivity index (χ4n) is 3.50. The highest BCUT2D eigenvalue weighted by Gasteiger charge is 2.20. The number of hydrogen-bond acceptors (Lipinski definition) is 7. The molecule has 0 spiro atoms. The Hall–Kier alpha value is -2.77. The summed E-state index contributed by atoms with van der Waals surface area (Å²) in [5, 5.41) is 4.39. The van der Waals surface area contributed by atoms with E-state index in [1.165, 1.54) is 0 Å². The molecule has 1 N–H and O–H groups in total. The highest BCUT2D eigenvalue weighted by molar-refractivity contribution is 5.92. The maximum Gasteiger partial charge on any atom is 0.145 e. The minimum atomic E-state index is 0.656. The average Bonchev–Trinajstić information content (AvgIpc) is 3.26. The summed E-state index contributed by atoms with van der Waals surface area (Å²) in [5.74, 6) is 3.37. The molecule has 0 bridgehead atoms. The van der Waals surface area contributed by atoms with Gasteiger partial charge in [-0.05, 0) is 30.3 Å². The Labute approximate surface area is 164 Å². The van der Waals surface area contributed by atoms with Crippen LogP contribution in [0.4, 0.5) is 5.82 Å². The van der Waals surface area contributed by atoms with Crippen molar-refractivity contribution in [1.29, 1.82) is 0 Å². The summed E-state index contributed by atoms with van der Waals surface area (Å²) in [6, 6.07) is 9.81. The van der Waals surface area contributed by atoms with Crippen LogP contribution >= 0.6 is 0 Å². The van der Waals surface area contributed by atoms with E-state index in [-0.39, 0.29) is 0 Å². The maximum atomic E-state index is 5.57. The van der Waals surface area contributed by atoms with Gasteiger partial charge in [0.1, 0.15) is 28.6 Å². The van der Waals surface area contributed by atoms with E-state index in [9.17, 15) is 0 Å². The fourth-order valence-corrected chi connectivity index (χ4v) is 3.50. The summed E-state index contributed by atoms with van der Waals surface area (Å²) in [4.78, 5) is 7.27. The molecule has 0 unspecified atom stereocenters. The van der Waals surface area contributed by atoms with E-state index >= 15 is 0 Å². The predicted octanol–water partition coefficient (Wildman–Crippen LogP) is 2.97. The van der Waals surface area contributed by atoms with Crippen LogP contribution in [-0.2, 0) is 17.8 Å². The van der Waals surface area contributed by atoms with Gasteiger partial charge in [-0.2, -0.15) is 0 Å². The van der Waals surface area contributed by atoms with E-state index < -0.39 is 0 Å². The third-order valence-corrected chi connectivity index (χ3v) is 4.91. The number of nitrogens with zero attached hydrogens (tertiary/aromatic N) is 2. The molecule has 2 aromatic heterocycles. The van der Waals surface area contributed by atoms with Crippen LogP contribution < -0.4 is 19.7 Å². The number of benzene rings is 1. The average molecular weight is 383 g/mol. The SMILES string of the molecule is COc1ccc(OC)c2nc(N3CCOCC3)c(CNCc3ccco3)cc12. The number of ether oxygens (including phenoxy) is 3. The number of aromatic nitrogens is 1. The summed E-state index contributed by atoms with van der Waals surface area (Å²) in [6.07, 6.45) is 1.69. The first-order valence-corrected chi connectivity index (χ1v) is 9.40. The van der Waals surface area contributed by atoms with Gasteiger partial charge in [-0.15, -0.1) is 0 Å². The molecule has 1 aliphatic rings. The number of furan rings is 1. The van der Waals surface area contributed by atoms with Gasteiger partial charge in [0.15, 0.2) is 0 Å². The second kappa shape index (κ2) is 8.50. The summed E-state index contributed by atoms with van der Waals surface area (Å²) in [7, 11) is 3.34. The fraction of sp³-hybridized carbons (Fsp3) is 0.381. The monoisotopic (exact) mass is 383 g/mol. The van der Waals surface area contributed by atoms with Crippen LogP contribution in [0.5, 0.6) is 11.5 Å². The molecule has 0 saturated carbocycles. The molecule has 28 heavy (non-hydrogen) atoms. The van der Waals surface area contributed by atoms with E-state index in [4.69, 9.17) is 23.6 Å². The zero-order valence-electron chi connectivity index (χ0n) is 16.2. The van der Waals surface area contributed by atoms with Crippen molar-refractivity contribution in [1.82, 2.24) is 10.3 Å². The Bertz CT molecular complexity index is 921. The second-order valence-corrected chi connectivity index (χ2v) is 6.62. The molecular formula is C21H25N3O4. The smallest absolute Gasteiger partial charge is 0.145 e. The third kappa shape index (κ3) is 3.76. The predicted molar refractivity (Wildman–Crippen MR) is 107 cm³/mol. The molecule has 0 radical (unpaired) electrons. The lowest BCUT2D eigenvalue weighted by atomic mass is 10.1. The molecule has 7 nitrogen and oxygen atoms in total. The largest absolute Gasteiger partial charge is 0.496 e. The topological polar surface area (TPSA) is 69.0 Å². The molecule has 4 rings (SSSR count). The summed E-state index contributed by atoms with van der Waals surface area (Å²) < 4.78 is 22.0. The second-order valence-electron chi connectivity index (χ2n) is 6.62. The van der Waals surface area contributed by atoms with Gasteiger partial charge < -0.3 is 28.8 Å². The Kier molecular flexibility index (Phi) is 5.64. The van der Waals surface area contributed by atoms with Crippen LogP contribution in [0, 0.1) is 0 Å². The molecule has 0 atom stereocenters. The first-order valence-electron chi connectivity index (χ1n) is 9.40. The lowest BCUT2D eigenvalue weighted by Crippen LogP contribution is -2.37. The van der Waals surface area contributed by atoms with Crippen LogP contribution in [0.2, 0.25) is 0 Å². The number of anilines is 1. The van der Waals surface area contributed by atoms with Crippen molar-refractivity contribution in [2.75, 3.05) is 45.4 Å². The third-order valence-electron chi connectivity index (χ3n) is 4.91. The molecule has 3 aromatic rings. The number of pyridine rings is 1. The molecule has 0 amide bonds. The normalized spacial score (nSPS) is 14.4. The number of nitrogens with one attached hydrogen (secondary N) is 1. The standard InChI is InChI=1S/C21H25N3O4/c1-25-18-5-6-19(26-2)20-17(18)12-15(13-22-14-16-4-3-9-28-16)21(23-20)24-7-10-27-11-8-24/h3-6,9,12,22H,7-8,10-11,13-14H2,1-2H3. The summed E-state index contributed by atoms with van der Waals surface area (Å²) in [5.41, 5.74) is 1.91. The van der Waals surface area contributed by atoms with E-state index in [2.05, 4.69) is 16.3 Å². The van der Waals surface area contributed by atoms with Gasteiger partial charge in [-0.1, -0.05) is 0 Å². The quantitative estimate of drug-likeness (QED) is 0.673. The van der Waals surface area contributed by atoms with Crippen LogP contribution in [0.25, 0.3) is 10.9 Å². The highest BCUT2D eigenvalue weighted by Crippen LogP contribution is 2.35. The molecule has 1 fully saturated rings. The highest BCUT2D eigenvalue weighted by atomic mass is 16.5. The van der Waals surface area contributed by atoms with E-state index in [1.807, 2.05) is 24.3 Å². The van der Waals surface area contributed by atoms with E-state index in [0.29, 0.717) is 26.3 Å². The van der Waals surface area contributed by atoms with Gasteiger partial charge >= 0.3 is 0 Å². The van der Waals surface area contributed by atoms with Gasteiger partial charge in [0.05, 0.1) is 40.2 Å². The Morgan fingerprint density at radius 1 is 1.07 bits per heavy atom. The van der Waals surface area contributed by atoms with Crippen LogP contribution in [0.3, 0.4) is 0 Å². The molecule has 1 aliphatic heterocycles. The van der Waals surface area contributed by atoms with E-state index in [0.717, 1.165) is 52.6 Å². The number of morpholine rings is 1. The first kappa shape index (κ1) is 18.6. The number of fused-ring (bicyclic) bond motifs is 1. The van der Waals surface area contributed by atoms with Crippen molar-refractivity contribution < 1.29 is 18.6 Å². The van der Waals surface area contributed by atoms with Gasteiger partial charge in [-0.25, -0.2) is 4.98 Å². The van der Waals surface area contributed by atoms with Crippen molar-refractivity contribution in [3.8, 4) is 11.5 Å². The van der Waals surface area contributed by atoms with Crippen molar-refractivity contribution in [2.45, 2.75) is 13.1 Å². The minimum absolute atomic E-state index is 0.656. The van der Waals surface area contributed by atoms with Crippen molar-refractivity contribution in [3.05, 3.63) is 47.9 Å². The molecule has 1 saturated heterocycles. The van der Waals surface area contributed by atoms with Crippen molar-refractivity contribution in [2.24, 2.45) is 0 Å². The lowest BCUT2D eigenvalue weighted by molar-refractivity contribution is 0.122. The Morgan fingerprint density at radius 3 is 2.57 bits per heavy atom. The molecular weight excluding hydrogens is 358 g/mol. The molecule has 3 heterocycles. The van der Waals surface area contributed by atoms with Gasteiger partial charge in [0, 0.05) is 30.6 Å². The Morgan fingerprint density at radius 2 is 1.86 bits per heavy atom. The minimum Gasteiger partial charge on any atom is -0.496 e. The van der Waals surface area contributed by atoms with Crippen LogP contribution in [0.1, 0.15) is 11.3 Å². The maximum absolute atomic E-state index is 5.57. The lowest BCUT2D eigenvalue weighted by Gasteiger charge is -2.30. The van der Waals surface area contributed by atoms with Gasteiger partial charge in [0.25, 0.3) is 0 Å². The number of hydrogen-bond donors (Lipinski definition) is 1. The van der Waals surface area contributed by atoms with Crippen molar-refractivity contribution in [3.63, 3.8) is 0 Å². The summed E-state index contributed by atoms with van der Waals surface area (Å²) in [6.45, 7) is 4.36. The molecule has 148 valence electrons. The molecule has 1 aromatic carbocycles. The van der Waals surface area contributed by atoms with Crippen molar-refractivity contribution >= 4 is 16.7 Å². The van der Waals surface area contributed by atoms with Crippen LogP contribution in [0.15, 0.2) is 41.0 Å². The molecule has 0 aliphatic carbocycles. The first-order chi connectivity index (χ1) is 13.8. The Balaban J connectivity index is 1.72. The zero-order chi connectivity index (χ0) is 19.3. The number of rotatable bonds is 7. The van der Waals surface area contributed by atoms with Gasteiger partial charge in [0.2, 0.25) is 0 Å². The van der Waals surface area contributed by atoms with Gasteiger partial charge in [-0.3, -0.25) is 0 Å². The van der Waals surface area contributed by atoms with E-state index in [1.54, 1.807) is 20.5 Å². The van der Waals surface area contributed by atoms with Crippen LogP contribution in [-0.4, -0.2) is 45.5 Å².